The van der Waals surface area contributed by atoms with Crippen molar-refractivity contribution in [1.29, 1.82) is 0 Å². The number of rotatable bonds is 5. The Morgan fingerprint density at radius 2 is 1.61 bits per heavy atom. The maximum Gasteiger partial charge on any atom is 0.222 e. The van der Waals surface area contributed by atoms with Gasteiger partial charge < -0.3 is 10.2 Å². The molecule has 2 saturated carbocycles. The zero-order chi connectivity index (χ0) is 11.7. The van der Waals surface area contributed by atoms with E-state index in [0.29, 0.717) is 11.9 Å². The largest absolute Gasteiger partial charge is 0.343 e. The van der Waals surface area contributed by atoms with E-state index < -0.39 is 0 Å². The number of hydrogen-bond acceptors (Lipinski definition) is 2. The SMILES string of the molecule is Cl.O=C(CC1CC1)N1CCC(NCC2CC2)CC1. The van der Waals surface area contributed by atoms with Crippen molar-refractivity contribution >= 4 is 18.3 Å². The maximum atomic E-state index is 11.9. The Morgan fingerprint density at radius 3 is 2.17 bits per heavy atom. The summed E-state index contributed by atoms with van der Waals surface area (Å²) in [7, 11) is 0. The lowest BCUT2D eigenvalue weighted by atomic mass is 10.0. The van der Waals surface area contributed by atoms with Gasteiger partial charge in [0.25, 0.3) is 0 Å². The lowest BCUT2D eigenvalue weighted by Crippen LogP contribution is -2.45. The topological polar surface area (TPSA) is 32.3 Å². The van der Waals surface area contributed by atoms with Gasteiger partial charge in [0.1, 0.15) is 0 Å². The molecular formula is C14H25ClN2O. The Hall–Kier alpha value is -0.280. The van der Waals surface area contributed by atoms with E-state index >= 15 is 0 Å². The molecular weight excluding hydrogens is 248 g/mol. The minimum Gasteiger partial charge on any atom is -0.343 e. The number of nitrogens with zero attached hydrogens (tertiary/aromatic N) is 1. The predicted molar refractivity (Wildman–Crippen MR) is 74.9 cm³/mol. The van der Waals surface area contributed by atoms with Crippen LogP contribution in [0.3, 0.4) is 0 Å². The third-order valence-corrected chi connectivity index (χ3v) is 4.40. The number of carbonyl (C=O) groups excluding carboxylic acids is 1. The van der Waals surface area contributed by atoms with E-state index in [4.69, 9.17) is 0 Å². The van der Waals surface area contributed by atoms with Crippen molar-refractivity contribution in [2.45, 2.75) is 51.0 Å². The Morgan fingerprint density at radius 1 is 1.00 bits per heavy atom. The fourth-order valence-electron chi connectivity index (χ4n) is 2.69. The molecule has 1 amide bonds. The summed E-state index contributed by atoms with van der Waals surface area (Å²) in [6.45, 7) is 3.17. The van der Waals surface area contributed by atoms with Gasteiger partial charge in [-0.3, -0.25) is 4.79 Å². The lowest BCUT2D eigenvalue weighted by molar-refractivity contribution is -0.132. The van der Waals surface area contributed by atoms with Gasteiger partial charge in [-0.05, 0) is 56.9 Å². The monoisotopic (exact) mass is 272 g/mol. The van der Waals surface area contributed by atoms with E-state index in [2.05, 4.69) is 10.2 Å². The normalized spacial score (nSPS) is 24.8. The molecule has 0 atom stereocenters. The van der Waals surface area contributed by atoms with Crippen molar-refractivity contribution in [2.24, 2.45) is 11.8 Å². The van der Waals surface area contributed by atoms with Gasteiger partial charge in [0.05, 0.1) is 0 Å². The summed E-state index contributed by atoms with van der Waals surface area (Å²) < 4.78 is 0. The van der Waals surface area contributed by atoms with Crippen LogP contribution in [0.5, 0.6) is 0 Å². The molecule has 0 aromatic heterocycles. The second kappa shape index (κ2) is 6.25. The van der Waals surface area contributed by atoms with Crippen LogP contribution in [0, 0.1) is 11.8 Å². The summed E-state index contributed by atoms with van der Waals surface area (Å²) in [5.41, 5.74) is 0. The Labute approximate surface area is 116 Å². The molecule has 1 heterocycles. The molecule has 4 heteroatoms. The van der Waals surface area contributed by atoms with Crippen LogP contribution in [0.1, 0.15) is 44.9 Å². The number of hydrogen-bond donors (Lipinski definition) is 1. The number of carbonyl (C=O) groups is 1. The van der Waals surface area contributed by atoms with Gasteiger partial charge in [-0.25, -0.2) is 0 Å². The molecule has 0 unspecified atom stereocenters. The van der Waals surface area contributed by atoms with Crippen molar-refractivity contribution in [1.82, 2.24) is 10.2 Å². The molecule has 0 spiro atoms. The van der Waals surface area contributed by atoms with Gasteiger partial charge in [0.15, 0.2) is 0 Å². The molecule has 3 nitrogen and oxygen atoms in total. The molecule has 1 N–H and O–H groups in total. The first-order valence-corrected chi connectivity index (χ1v) is 7.32. The highest BCUT2D eigenvalue weighted by Gasteiger charge is 2.29. The minimum absolute atomic E-state index is 0. The summed E-state index contributed by atoms with van der Waals surface area (Å²) in [4.78, 5) is 14.0. The van der Waals surface area contributed by atoms with E-state index in [1.54, 1.807) is 0 Å². The first-order valence-electron chi connectivity index (χ1n) is 7.32. The van der Waals surface area contributed by atoms with Crippen LogP contribution in [0.15, 0.2) is 0 Å². The molecule has 3 fully saturated rings. The highest BCUT2D eigenvalue weighted by molar-refractivity contribution is 5.85. The molecule has 1 aliphatic heterocycles. The van der Waals surface area contributed by atoms with Crippen LogP contribution in [-0.4, -0.2) is 36.5 Å². The lowest BCUT2D eigenvalue weighted by Gasteiger charge is -2.32. The van der Waals surface area contributed by atoms with Crippen molar-refractivity contribution in [3.05, 3.63) is 0 Å². The summed E-state index contributed by atoms with van der Waals surface area (Å²) in [6, 6.07) is 0.667. The van der Waals surface area contributed by atoms with Gasteiger partial charge in [0, 0.05) is 25.6 Å². The molecule has 0 aromatic rings. The third-order valence-electron chi connectivity index (χ3n) is 4.40. The molecule has 1 saturated heterocycles. The summed E-state index contributed by atoms with van der Waals surface area (Å²) in [5.74, 6) is 2.10. The van der Waals surface area contributed by atoms with Crippen molar-refractivity contribution in [3.63, 3.8) is 0 Å². The number of likely N-dealkylation sites (tertiary alicyclic amines) is 1. The molecule has 104 valence electrons. The van der Waals surface area contributed by atoms with Crippen LogP contribution in [-0.2, 0) is 4.79 Å². The fourth-order valence-corrected chi connectivity index (χ4v) is 2.69. The van der Waals surface area contributed by atoms with E-state index in [1.165, 1.54) is 32.2 Å². The van der Waals surface area contributed by atoms with E-state index in [9.17, 15) is 4.79 Å². The smallest absolute Gasteiger partial charge is 0.222 e. The Kier molecular flexibility index (Phi) is 4.91. The van der Waals surface area contributed by atoms with Crippen molar-refractivity contribution in [3.8, 4) is 0 Å². The van der Waals surface area contributed by atoms with Crippen molar-refractivity contribution < 1.29 is 4.79 Å². The zero-order valence-corrected chi connectivity index (χ0v) is 11.9. The Balaban J connectivity index is 0.00000120. The summed E-state index contributed by atoms with van der Waals surface area (Å²) in [6.07, 6.45) is 8.54. The van der Waals surface area contributed by atoms with E-state index in [0.717, 1.165) is 44.2 Å². The maximum absolute atomic E-state index is 11.9. The Bertz CT molecular complexity index is 282. The standard InChI is InChI=1S/C14H24N2O.ClH/c17-14(9-11-1-2-11)16-7-5-13(6-8-16)15-10-12-3-4-12;/h11-13,15H,1-10H2;1H. The first kappa shape index (κ1) is 14.1. The first-order chi connectivity index (χ1) is 8.31. The van der Waals surface area contributed by atoms with Crippen LogP contribution in [0.4, 0.5) is 0 Å². The van der Waals surface area contributed by atoms with Gasteiger partial charge in [-0.15, -0.1) is 12.4 Å². The third kappa shape index (κ3) is 4.13. The molecule has 0 bridgehead atoms. The number of halogens is 1. The average molecular weight is 273 g/mol. The quantitative estimate of drug-likeness (QED) is 0.832. The van der Waals surface area contributed by atoms with Crippen LogP contribution >= 0.6 is 12.4 Å². The summed E-state index contributed by atoms with van der Waals surface area (Å²) >= 11 is 0. The van der Waals surface area contributed by atoms with Gasteiger partial charge >= 0.3 is 0 Å². The molecule has 3 rings (SSSR count). The van der Waals surface area contributed by atoms with E-state index in [-0.39, 0.29) is 12.4 Å². The van der Waals surface area contributed by atoms with Crippen LogP contribution < -0.4 is 5.32 Å². The molecule has 18 heavy (non-hydrogen) atoms. The molecule has 3 aliphatic rings. The van der Waals surface area contributed by atoms with E-state index in [1.807, 2.05) is 0 Å². The average Bonchev–Trinajstić information content (AvgIpc) is 3.22. The van der Waals surface area contributed by atoms with Gasteiger partial charge in [0.2, 0.25) is 5.91 Å². The van der Waals surface area contributed by atoms with Crippen LogP contribution in [0.2, 0.25) is 0 Å². The fraction of sp³-hybridized carbons (Fsp3) is 0.929. The molecule has 0 radical (unpaired) electrons. The predicted octanol–water partition coefficient (Wildman–Crippen LogP) is 2.20. The zero-order valence-electron chi connectivity index (χ0n) is 11.1. The minimum atomic E-state index is 0. The summed E-state index contributed by atoms with van der Waals surface area (Å²) in [5, 5.41) is 3.66. The number of amides is 1. The van der Waals surface area contributed by atoms with Crippen molar-refractivity contribution in [2.75, 3.05) is 19.6 Å². The molecule has 0 aromatic carbocycles. The van der Waals surface area contributed by atoms with Gasteiger partial charge in [-0.1, -0.05) is 0 Å². The highest BCUT2D eigenvalue weighted by Crippen LogP contribution is 2.33. The number of piperidine rings is 1. The molecule has 2 aliphatic carbocycles. The number of nitrogens with one attached hydrogen (secondary N) is 1. The second-order valence-electron chi connectivity index (χ2n) is 6.15. The highest BCUT2D eigenvalue weighted by atomic mass is 35.5. The van der Waals surface area contributed by atoms with Crippen LogP contribution in [0.25, 0.3) is 0 Å². The second-order valence-corrected chi connectivity index (χ2v) is 6.15. The van der Waals surface area contributed by atoms with Gasteiger partial charge in [-0.2, -0.15) is 0 Å².